The molecule has 0 heterocycles. The maximum atomic E-state index is 13.6. The smallest absolute Gasteiger partial charge is 0.244 e. The Hall–Kier alpha value is -3.56. The highest BCUT2D eigenvalue weighted by molar-refractivity contribution is 7.92. The van der Waals surface area contributed by atoms with Crippen molar-refractivity contribution in [1.82, 2.24) is 10.2 Å². The third-order valence-electron chi connectivity index (χ3n) is 5.77. The van der Waals surface area contributed by atoms with Crippen LogP contribution in [-0.4, -0.2) is 50.5 Å². The first-order valence-corrected chi connectivity index (χ1v) is 14.4. The van der Waals surface area contributed by atoms with Crippen molar-refractivity contribution in [3.63, 3.8) is 0 Å². The highest BCUT2D eigenvalue weighted by atomic mass is 35.5. The summed E-state index contributed by atoms with van der Waals surface area (Å²) in [5, 5.41) is 3.35. The molecule has 10 heteroatoms. The molecular weight excluding hydrogens is 526 g/mol. The fraction of sp³-hybridized carbons (Fsp3) is 0.286. The SMILES string of the molecule is CCCNC(=O)C(C)N(Cc1ccc(Cl)cc1)C(=O)CN(c1ccc(Oc2ccccc2)cc1)S(C)(=O)=O. The second kappa shape index (κ2) is 13.3. The summed E-state index contributed by atoms with van der Waals surface area (Å²) in [4.78, 5) is 27.7. The van der Waals surface area contributed by atoms with E-state index in [9.17, 15) is 18.0 Å². The number of nitrogens with one attached hydrogen (secondary N) is 1. The van der Waals surface area contributed by atoms with Gasteiger partial charge in [0.15, 0.2) is 0 Å². The predicted molar refractivity (Wildman–Crippen MR) is 150 cm³/mol. The molecule has 0 spiro atoms. The molecule has 2 amide bonds. The lowest BCUT2D eigenvalue weighted by molar-refractivity contribution is -0.139. The van der Waals surface area contributed by atoms with E-state index in [1.807, 2.05) is 37.3 Å². The molecular formula is C28H32ClN3O5S. The van der Waals surface area contributed by atoms with E-state index in [1.54, 1.807) is 55.5 Å². The number of para-hydroxylation sites is 1. The number of halogens is 1. The number of anilines is 1. The minimum absolute atomic E-state index is 0.109. The Kier molecular flexibility index (Phi) is 10.2. The van der Waals surface area contributed by atoms with Gasteiger partial charge >= 0.3 is 0 Å². The third kappa shape index (κ3) is 8.22. The van der Waals surface area contributed by atoms with Crippen LogP contribution in [0.5, 0.6) is 11.5 Å². The molecule has 0 aliphatic rings. The molecule has 0 aliphatic carbocycles. The number of ether oxygens (including phenoxy) is 1. The number of carbonyl (C=O) groups excluding carboxylic acids is 2. The number of rotatable bonds is 12. The van der Waals surface area contributed by atoms with Crippen molar-refractivity contribution in [2.45, 2.75) is 32.9 Å². The van der Waals surface area contributed by atoms with Crippen LogP contribution in [0.3, 0.4) is 0 Å². The molecule has 0 fully saturated rings. The van der Waals surface area contributed by atoms with Crippen molar-refractivity contribution >= 4 is 39.1 Å². The summed E-state index contributed by atoms with van der Waals surface area (Å²) in [5.74, 6) is 0.325. The molecule has 202 valence electrons. The van der Waals surface area contributed by atoms with Crippen molar-refractivity contribution in [3.8, 4) is 11.5 Å². The molecule has 0 aliphatic heterocycles. The molecule has 8 nitrogen and oxygen atoms in total. The lowest BCUT2D eigenvalue weighted by atomic mass is 10.1. The molecule has 1 atom stereocenters. The first kappa shape index (κ1) is 29.0. The summed E-state index contributed by atoms with van der Waals surface area (Å²) >= 11 is 6.00. The van der Waals surface area contributed by atoms with E-state index in [0.29, 0.717) is 28.8 Å². The summed E-state index contributed by atoms with van der Waals surface area (Å²) < 4.78 is 32.3. The van der Waals surface area contributed by atoms with Gasteiger partial charge < -0.3 is 15.0 Å². The summed E-state index contributed by atoms with van der Waals surface area (Å²) in [7, 11) is -3.83. The maximum absolute atomic E-state index is 13.6. The van der Waals surface area contributed by atoms with Crippen molar-refractivity contribution in [2.75, 3.05) is 23.7 Å². The lowest BCUT2D eigenvalue weighted by Gasteiger charge is -2.31. The van der Waals surface area contributed by atoms with Crippen LogP contribution in [0.1, 0.15) is 25.8 Å². The quantitative estimate of drug-likeness (QED) is 0.344. The Morgan fingerprint density at radius 1 is 0.947 bits per heavy atom. The van der Waals surface area contributed by atoms with E-state index >= 15 is 0 Å². The molecule has 3 aromatic rings. The van der Waals surface area contributed by atoms with E-state index in [1.165, 1.54) is 4.90 Å². The van der Waals surface area contributed by atoms with Crippen LogP contribution < -0.4 is 14.4 Å². The van der Waals surface area contributed by atoms with Gasteiger partial charge in [0.1, 0.15) is 24.1 Å². The fourth-order valence-electron chi connectivity index (χ4n) is 3.68. The van der Waals surface area contributed by atoms with Crippen LogP contribution >= 0.6 is 11.6 Å². The Labute approximate surface area is 229 Å². The van der Waals surface area contributed by atoms with Crippen molar-refractivity contribution in [1.29, 1.82) is 0 Å². The number of hydrogen-bond donors (Lipinski definition) is 1. The van der Waals surface area contributed by atoms with Crippen LogP contribution in [0, 0.1) is 0 Å². The summed E-state index contributed by atoms with van der Waals surface area (Å²) in [6.45, 7) is 3.66. The Morgan fingerprint density at radius 3 is 2.13 bits per heavy atom. The van der Waals surface area contributed by atoms with Crippen LogP contribution in [0.4, 0.5) is 5.69 Å². The maximum Gasteiger partial charge on any atom is 0.244 e. The molecule has 0 saturated carbocycles. The number of nitrogens with zero attached hydrogens (tertiary/aromatic N) is 2. The van der Waals surface area contributed by atoms with E-state index < -0.39 is 28.5 Å². The fourth-order valence-corrected chi connectivity index (χ4v) is 4.66. The minimum Gasteiger partial charge on any atom is -0.457 e. The first-order valence-electron chi connectivity index (χ1n) is 12.2. The number of amides is 2. The Morgan fingerprint density at radius 2 is 1.55 bits per heavy atom. The van der Waals surface area contributed by atoms with Crippen LogP contribution in [0.15, 0.2) is 78.9 Å². The van der Waals surface area contributed by atoms with E-state index in [4.69, 9.17) is 16.3 Å². The van der Waals surface area contributed by atoms with Gasteiger partial charge in [-0.25, -0.2) is 8.42 Å². The molecule has 1 N–H and O–H groups in total. The van der Waals surface area contributed by atoms with Crippen molar-refractivity contribution < 1.29 is 22.7 Å². The zero-order chi connectivity index (χ0) is 27.7. The van der Waals surface area contributed by atoms with Gasteiger partial charge in [-0.1, -0.05) is 48.9 Å². The van der Waals surface area contributed by atoms with Gasteiger partial charge in [0, 0.05) is 18.1 Å². The zero-order valence-corrected chi connectivity index (χ0v) is 23.2. The average molecular weight is 558 g/mol. The molecule has 38 heavy (non-hydrogen) atoms. The van der Waals surface area contributed by atoms with Gasteiger partial charge in [0.25, 0.3) is 0 Å². The van der Waals surface area contributed by atoms with Gasteiger partial charge in [0.2, 0.25) is 21.8 Å². The van der Waals surface area contributed by atoms with Gasteiger partial charge in [-0.05, 0) is 67.4 Å². The molecule has 0 radical (unpaired) electrons. The number of sulfonamides is 1. The average Bonchev–Trinajstić information content (AvgIpc) is 2.90. The number of benzene rings is 3. The second-order valence-electron chi connectivity index (χ2n) is 8.79. The Bertz CT molecular complexity index is 1320. The molecule has 1 unspecified atom stereocenters. The Balaban J connectivity index is 1.84. The largest absolute Gasteiger partial charge is 0.457 e. The zero-order valence-electron chi connectivity index (χ0n) is 21.6. The minimum atomic E-state index is -3.83. The van der Waals surface area contributed by atoms with Crippen LogP contribution in [0.25, 0.3) is 0 Å². The van der Waals surface area contributed by atoms with Gasteiger partial charge in [-0.2, -0.15) is 0 Å². The van der Waals surface area contributed by atoms with Gasteiger partial charge in [-0.15, -0.1) is 0 Å². The predicted octanol–water partition coefficient (Wildman–Crippen LogP) is 4.84. The van der Waals surface area contributed by atoms with E-state index in [2.05, 4.69) is 5.32 Å². The summed E-state index contributed by atoms with van der Waals surface area (Å²) in [5.41, 5.74) is 1.06. The molecule has 0 aromatic heterocycles. The molecule has 0 bridgehead atoms. The van der Waals surface area contributed by atoms with Gasteiger partial charge in [0.05, 0.1) is 11.9 Å². The first-order chi connectivity index (χ1) is 18.1. The summed E-state index contributed by atoms with van der Waals surface area (Å²) in [6, 6.07) is 21.7. The topological polar surface area (TPSA) is 96.0 Å². The number of hydrogen-bond acceptors (Lipinski definition) is 5. The summed E-state index contributed by atoms with van der Waals surface area (Å²) in [6.07, 6.45) is 1.78. The second-order valence-corrected chi connectivity index (χ2v) is 11.1. The van der Waals surface area contributed by atoms with Crippen molar-refractivity contribution in [2.24, 2.45) is 0 Å². The van der Waals surface area contributed by atoms with E-state index in [0.717, 1.165) is 22.5 Å². The highest BCUT2D eigenvalue weighted by Crippen LogP contribution is 2.26. The standard InChI is InChI=1S/C28H32ClN3O5S/c1-4-18-30-28(34)21(2)31(19-22-10-12-23(29)13-11-22)27(33)20-32(38(3,35)36)24-14-16-26(17-15-24)37-25-8-6-5-7-9-25/h5-17,21H,4,18-20H2,1-3H3,(H,30,34). The third-order valence-corrected chi connectivity index (χ3v) is 7.16. The molecule has 0 saturated heterocycles. The van der Waals surface area contributed by atoms with Crippen LogP contribution in [0.2, 0.25) is 5.02 Å². The molecule has 3 aromatic carbocycles. The lowest BCUT2D eigenvalue weighted by Crippen LogP contribution is -2.51. The highest BCUT2D eigenvalue weighted by Gasteiger charge is 2.30. The van der Waals surface area contributed by atoms with Crippen molar-refractivity contribution in [3.05, 3.63) is 89.4 Å². The van der Waals surface area contributed by atoms with E-state index in [-0.39, 0.29) is 12.5 Å². The molecule has 3 rings (SSSR count). The monoisotopic (exact) mass is 557 g/mol. The number of carbonyl (C=O) groups is 2. The van der Waals surface area contributed by atoms with Gasteiger partial charge in [-0.3, -0.25) is 13.9 Å². The normalized spacial score (nSPS) is 11.9. The van der Waals surface area contributed by atoms with Crippen LogP contribution in [-0.2, 0) is 26.2 Å².